The molecule has 4 rings (SSSR count). The van der Waals surface area contributed by atoms with E-state index in [1.165, 1.54) is 0 Å². The third kappa shape index (κ3) is 7.35. The Hall–Kier alpha value is -3.28. The molecule has 2 aliphatic heterocycles. The lowest BCUT2D eigenvalue weighted by Gasteiger charge is -2.33. The second kappa shape index (κ2) is 11.9. The average Bonchev–Trinajstić information content (AvgIpc) is 2.86. The van der Waals surface area contributed by atoms with Gasteiger partial charge in [-0.05, 0) is 38.4 Å². The average molecular weight is 483 g/mol. The summed E-state index contributed by atoms with van der Waals surface area (Å²) in [5.41, 5.74) is 2.07. The van der Waals surface area contributed by atoms with Gasteiger partial charge in [-0.15, -0.1) is 0 Å². The Morgan fingerprint density at radius 1 is 0.714 bits per heavy atom. The number of hydrogen-bond acceptors (Lipinski definition) is 9. The number of carbonyl (C=O) groups is 2. The van der Waals surface area contributed by atoms with E-state index in [-0.39, 0.29) is 25.0 Å². The van der Waals surface area contributed by atoms with Gasteiger partial charge < -0.3 is 35.0 Å². The molecule has 2 N–H and O–H groups in total. The molecule has 2 aromatic rings. The molecule has 2 saturated heterocycles. The van der Waals surface area contributed by atoms with Gasteiger partial charge in [-0.2, -0.15) is 0 Å². The number of nitrogens with zero attached hydrogens (tertiary/aromatic N) is 6. The normalized spacial score (nSPS) is 17.3. The Kier molecular flexibility index (Phi) is 8.45. The Labute approximate surface area is 206 Å². The maximum absolute atomic E-state index is 12.1. The molecule has 0 spiro atoms. The molecule has 4 heterocycles. The summed E-state index contributed by atoms with van der Waals surface area (Å²) in [6.07, 6.45) is 3.52. The molecular formula is C24H34N8O3. The molecule has 11 heteroatoms. The van der Waals surface area contributed by atoms with Gasteiger partial charge in [-0.3, -0.25) is 9.59 Å². The fourth-order valence-corrected chi connectivity index (χ4v) is 4.02. The first-order valence-corrected chi connectivity index (χ1v) is 11.9. The first kappa shape index (κ1) is 24.8. The molecule has 0 aliphatic carbocycles. The van der Waals surface area contributed by atoms with Crippen molar-refractivity contribution in [2.24, 2.45) is 0 Å². The molecule has 2 fully saturated rings. The lowest BCUT2D eigenvalue weighted by atomic mass is 10.3. The molecule has 0 saturated carbocycles. The smallest absolute Gasteiger partial charge is 0.251 e. The van der Waals surface area contributed by atoms with Gasteiger partial charge in [-0.1, -0.05) is 0 Å². The minimum Gasteiger partial charge on any atom is -0.368 e. The number of anilines is 4. The Morgan fingerprint density at radius 3 is 1.46 bits per heavy atom. The number of ether oxygens (including phenoxy) is 1. The zero-order chi connectivity index (χ0) is 24.6. The Bertz CT molecular complexity index is 890. The zero-order valence-electron chi connectivity index (χ0n) is 20.4. The highest BCUT2D eigenvalue weighted by Gasteiger charge is 2.16. The quantitative estimate of drug-likeness (QED) is 0.559. The molecule has 2 amide bonds. The van der Waals surface area contributed by atoms with Crippen molar-refractivity contribution >= 4 is 34.8 Å². The first-order valence-electron chi connectivity index (χ1n) is 11.9. The van der Waals surface area contributed by atoms with Gasteiger partial charge in [0.2, 0.25) is 0 Å². The van der Waals surface area contributed by atoms with Crippen molar-refractivity contribution in [3.63, 3.8) is 0 Å². The van der Waals surface area contributed by atoms with Gasteiger partial charge in [0.05, 0.1) is 23.8 Å². The van der Waals surface area contributed by atoms with Crippen molar-refractivity contribution in [1.82, 2.24) is 19.8 Å². The molecule has 0 atom stereocenters. The van der Waals surface area contributed by atoms with E-state index in [1.807, 2.05) is 12.1 Å². The summed E-state index contributed by atoms with van der Waals surface area (Å²) in [5.74, 6) is 0.163. The number of likely N-dealkylation sites (N-methyl/N-ethyl adjacent to an activating group) is 2. The summed E-state index contributed by atoms with van der Waals surface area (Å²) in [4.78, 5) is 42.0. The van der Waals surface area contributed by atoms with E-state index < -0.39 is 0 Å². The van der Waals surface area contributed by atoms with Crippen LogP contribution in [0.5, 0.6) is 0 Å². The highest BCUT2D eigenvalue weighted by molar-refractivity contribution is 5.92. The van der Waals surface area contributed by atoms with Crippen molar-refractivity contribution in [2.75, 3.05) is 100 Å². The summed E-state index contributed by atoms with van der Waals surface area (Å²) >= 11 is 0. The Balaban J connectivity index is 1.14. The minimum absolute atomic E-state index is 0.245. The van der Waals surface area contributed by atoms with Gasteiger partial charge in [0.1, 0.15) is 24.8 Å². The van der Waals surface area contributed by atoms with Crippen LogP contribution in [-0.2, 0) is 14.3 Å². The van der Waals surface area contributed by atoms with Crippen molar-refractivity contribution in [2.45, 2.75) is 0 Å². The number of carbonyl (C=O) groups excluding carboxylic acids is 2. The summed E-state index contributed by atoms with van der Waals surface area (Å²) in [7, 11) is 4.23. The number of amides is 2. The fraction of sp³-hybridized carbons (Fsp3) is 0.500. The van der Waals surface area contributed by atoms with Crippen LogP contribution < -0.4 is 20.4 Å². The summed E-state index contributed by atoms with van der Waals surface area (Å²) < 4.78 is 5.25. The zero-order valence-corrected chi connectivity index (χ0v) is 20.4. The van der Waals surface area contributed by atoms with E-state index in [0.717, 1.165) is 63.7 Å². The van der Waals surface area contributed by atoms with Gasteiger partial charge in [0.15, 0.2) is 0 Å². The van der Waals surface area contributed by atoms with Crippen molar-refractivity contribution in [3.8, 4) is 0 Å². The number of rotatable bonds is 8. The molecule has 0 radical (unpaired) electrons. The molecule has 11 nitrogen and oxygen atoms in total. The molecule has 188 valence electrons. The van der Waals surface area contributed by atoms with E-state index >= 15 is 0 Å². The van der Waals surface area contributed by atoms with E-state index in [2.05, 4.69) is 54.3 Å². The lowest BCUT2D eigenvalue weighted by molar-refractivity contribution is -0.125. The highest BCUT2D eigenvalue weighted by Crippen LogP contribution is 2.18. The Morgan fingerprint density at radius 2 is 1.11 bits per heavy atom. The lowest BCUT2D eigenvalue weighted by Crippen LogP contribution is -2.44. The second-order valence-electron chi connectivity index (χ2n) is 8.97. The van der Waals surface area contributed by atoms with Crippen molar-refractivity contribution < 1.29 is 14.3 Å². The number of aromatic nitrogens is 2. The standard InChI is InChI=1S/C24H34N8O3/c1-29-7-11-31(12-8-29)19-3-5-21(25-15-19)27-23(33)17-35-18-24(34)28-22-6-4-20(16-26-22)32-13-9-30(2)10-14-32/h3-6,15-16H,7-14,17-18H2,1-2H3,(H,25,27,33)(H,26,28,34). The SMILES string of the molecule is CN1CCN(c2ccc(NC(=O)COCC(=O)Nc3ccc(N4CCN(C)CC4)cn3)nc2)CC1. The van der Waals surface area contributed by atoms with E-state index in [1.54, 1.807) is 24.5 Å². The van der Waals surface area contributed by atoms with Crippen LogP contribution in [-0.4, -0.2) is 111 Å². The number of piperazine rings is 2. The topological polar surface area (TPSA) is 106 Å². The molecule has 2 aliphatic rings. The second-order valence-corrected chi connectivity index (χ2v) is 8.97. The van der Waals surface area contributed by atoms with Crippen LogP contribution in [0.25, 0.3) is 0 Å². The van der Waals surface area contributed by atoms with Crippen LogP contribution in [0.15, 0.2) is 36.7 Å². The van der Waals surface area contributed by atoms with Crippen LogP contribution in [0.4, 0.5) is 23.0 Å². The molecular weight excluding hydrogens is 448 g/mol. The van der Waals surface area contributed by atoms with E-state index in [9.17, 15) is 9.59 Å². The minimum atomic E-state index is -0.368. The number of pyridine rings is 2. The van der Waals surface area contributed by atoms with E-state index in [4.69, 9.17) is 4.74 Å². The van der Waals surface area contributed by atoms with Crippen LogP contribution >= 0.6 is 0 Å². The van der Waals surface area contributed by atoms with Crippen molar-refractivity contribution in [3.05, 3.63) is 36.7 Å². The third-order valence-electron chi connectivity index (χ3n) is 6.23. The van der Waals surface area contributed by atoms with E-state index in [0.29, 0.717) is 11.6 Å². The van der Waals surface area contributed by atoms with Crippen LogP contribution in [0.1, 0.15) is 0 Å². The third-order valence-corrected chi connectivity index (χ3v) is 6.23. The van der Waals surface area contributed by atoms with Crippen LogP contribution in [0, 0.1) is 0 Å². The molecule has 0 unspecified atom stereocenters. The van der Waals surface area contributed by atoms with Gasteiger partial charge in [0, 0.05) is 52.4 Å². The largest absolute Gasteiger partial charge is 0.368 e. The molecule has 2 aromatic heterocycles. The maximum atomic E-state index is 12.1. The first-order chi connectivity index (χ1) is 17.0. The highest BCUT2D eigenvalue weighted by atomic mass is 16.5. The molecule has 0 bridgehead atoms. The number of hydrogen-bond donors (Lipinski definition) is 2. The monoisotopic (exact) mass is 482 g/mol. The van der Waals surface area contributed by atoms with Crippen molar-refractivity contribution in [1.29, 1.82) is 0 Å². The van der Waals surface area contributed by atoms with Gasteiger partial charge >= 0.3 is 0 Å². The molecule has 35 heavy (non-hydrogen) atoms. The summed E-state index contributed by atoms with van der Waals surface area (Å²) in [5, 5.41) is 5.38. The van der Waals surface area contributed by atoms with Crippen LogP contribution in [0.2, 0.25) is 0 Å². The van der Waals surface area contributed by atoms with Crippen LogP contribution in [0.3, 0.4) is 0 Å². The maximum Gasteiger partial charge on any atom is 0.251 e. The summed E-state index contributed by atoms with van der Waals surface area (Å²) in [6.45, 7) is 7.39. The predicted octanol–water partition coefficient (Wildman–Crippen LogP) is 0.574. The number of nitrogens with one attached hydrogen (secondary N) is 2. The summed E-state index contributed by atoms with van der Waals surface area (Å²) in [6, 6.07) is 7.44. The predicted molar refractivity (Wildman–Crippen MR) is 136 cm³/mol. The van der Waals surface area contributed by atoms with Gasteiger partial charge in [-0.25, -0.2) is 9.97 Å². The fourth-order valence-electron chi connectivity index (χ4n) is 4.02. The van der Waals surface area contributed by atoms with Gasteiger partial charge in [0.25, 0.3) is 11.8 Å². The molecule has 0 aromatic carbocycles.